The third-order valence-corrected chi connectivity index (χ3v) is 3.91. The molecule has 0 saturated carbocycles. The monoisotopic (exact) mass is 277 g/mol. The Bertz CT molecular complexity index is 352. The fourth-order valence-electron chi connectivity index (χ4n) is 1.00. The number of aliphatic carboxylic acids is 1. The molecular weight excluding hydrogens is 263 g/mol. The van der Waals surface area contributed by atoms with E-state index in [0.717, 1.165) is 11.4 Å². The van der Waals surface area contributed by atoms with Crippen molar-refractivity contribution in [1.29, 1.82) is 0 Å². The van der Waals surface area contributed by atoms with E-state index in [1.54, 1.807) is 0 Å². The zero-order valence-electron chi connectivity index (χ0n) is 9.20. The third-order valence-electron chi connectivity index (χ3n) is 1.98. The lowest BCUT2D eigenvalue weighted by Crippen LogP contribution is -2.31. The molecule has 9 heteroatoms. The van der Waals surface area contributed by atoms with Gasteiger partial charge in [0.25, 0.3) is 0 Å². The highest BCUT2D eigenvalue weighted by molar-refractivity contribution is 7.89. The lowest BCUT2D eigenvalue weighted by Gasteiger charge is -2.16. The van der Waals surface area contributed by atoms with Crippen molar-refractivity contribution >= 4 is 16.0 Å². The van der Waals surface area contributed by atoms with Crippen LogP contribution >= 0.6 is 0 Å². The number of hydrogen-bond acceptors (Lipinski definition) is 3. The minimum atomic E-state index is -4.38. The maximum atomic E-state index is 11.8. The largest absolute Gasteiger partial charge is 0.481 e. The Morgan fingerprint density at radius 2 is 1.88 bits per heavy atom. The van der Waals surface area contributed by atoms with Gasteiger partial charge in [0.15, 0.2) is 0 Å². The smallest absolute Gasteiger partial charge is 0.389 e. The normalized spacial score (nSPS) is 13.0. The second kappa shape index (κ2) is 6.20. The van der Waals surface area contributed by atoms with E-state index >= 15 is 0 Å². The van der Waals surface area contributed by atoms with Gasteiger partial charge in [-0.2, -0.15) is 13.2 Å². The highest BCUT2D eigenvalue weighted by atomic mass is 32.2. The maximum Gasteiger partial charge on any atom is 0.389 e. The Labute approximate surface area is 97.3 Å². The molecule has 0 fully saturated rings. The Kier molecular flexibility index (Phi) is 5.89. The molecule has 0 spiro atoms. The van der Waals surface area contributed by atoms with Gasteiger partial charge in [-0.3, -0.25) is 4.79 Å². The minimum absolute atomic E-state index is 0.246. The van der Waals surface area contributed by atoms with Gasteiger partial charge in [-0.05, 0) is 6.42 Å². The van der Waals surface area contributed by atoms with E-state index in [2.05, 4.69) is 0 Å². The van der Waals surface area contributed by atoms with E-state index in [1.165, 1.54) is 0 Å². The number of carboxylic acids is 1. The number of carboxylic acid groups (broad SMARTS) is 1. The molecule has 17 heavy (non-hydrogen) atoms. The molecule has 102 valence electrons. The van der Waals surface area contributed by atoms with Gasteiger partial charge in [-0.1, -0.05) is 0 Å². The molecule has 0 rings (SSSR count). The highest BCUT2D eigenvalue weighted by Gasteiger charge is 2.28. The summed E-state index contributed by atoms with van der Waals surface area (Å²) < 4.78 is 58.9. The first-order valence-electron chi connectivity index (χ1n) is 4.77. The van der Waals surface area contributed by atoms with Crippen LogP contribution in [-0.2, 0) is 14.8 Å². The first-order chi connectivity index (χ1) is 7.54. The van der Waals surface area contributed by atoms with E-state index in [4.69, 9.17) is 5.11 Å². The number of nitrogens with zero attached hydrogens (tertiary/aromatic N) is 1. The van der Waals surface area contributed by atoms with Gasteiger partial charge in [0.1, 0.15) is 0 Å². The summed E-state index contributed by atoms with van der Waals surface area (Å²) in [4.78, 5) is 10.2. The van der Waals surface area contributed by atoms with Crippen molar-refractivity contribution in [2.75, 3.05) is 19.3 Å². The maximum absolute atomic E-state index is 11.8. The number of sulfonamides is 1. The molecule has 5 nitrogen and oxygen atoms in total. The second-order valence-electron chi connectivity index (χ2n) is 3.50. The molecule has 0 aromatic heterocycles. The van der Waals surface area contributed by atoms with Crippen molar-refractivity contribution in [2.45, 2.75) is 25.4 Å². The quantitative estimate of drug-likeness (QED) is 0.755. The Morgan fingerprint density at radius 1 is 1.35 bits per heavy atom. The number of hydrogen-bond donors (Lipinski definition) is 1. The van der Waals surface area contributed by atoms with Gasteiger partial charge in [-0.25, -0.2) is 12.7 Å². The van der Waals surface area contributed by atoms with Crippen LogP contribution in [0.1, 0.15) is 19.3 Å². The molecular formula is C8H14F3NO4S. The Balaban J connectivity index is 4.15. The number of halogens is 3. The zero-order chi connectivity index (χ0) is 13.7. The predicted octanol–water partition coefficient (Wildman–Crippen LogP) is 1.07. The van der Waals surface area contributed by atoms with Crippen LogP contribution in [0, 0.1) is 0 Å². The average Bonchev–Trinajstić information content (AvgIpc) is 2.11. The fourth-order valence-corrected chi connectivity index (χ4v) is 2.19. The van der Waals surface area contributed by atoms with Crippen molar-refractivity contribution in [3.63, 3.8) is 0 Å². The molecule has 0 bridgehead atoms. The van der Waals surface area contributed by atoms with E-state index < -0.39 is 40.8 Å². The Hall–Kier alpha value is -0.830. The summed E-state index contributed by atoms with van der Waals surface area (Å²) in [6, 6.07) is 0. The summed E-state index contributed by atoms with van der Waals surface area (Å²) in [6.45, 7) is -0.246. The number of alkyl halides is 3. The molecule has 0 aromatic rings. The molecule has 0 aliphatic rings. The molecule has 0 unspecified atom stereocenters. The number of carbonyl (C=O) groups is 1. The van der Waals surface area contributed by atoms with Crippen LogP contribution in [0.4, 0.5) is 13.2 Å². The SMILES string of the molecule is CN(CCC(=O)O)S(=O)(=O)CCCC(F)(F)F. The predicted molar refractivity (Wildman–Crippen MR) is 54.0 cm³/mol. The van der Waals surface area contributed by atoms with Gasteiger partial charge < -0.3 is 5.11 Å². The van der Waals surface area contributed by atoms with Crippen LogP contribution < -0.4 is 0 Å². The molecule has 1 N–H and O–H groups in total. The highest BCUT2D eigenvalue weighted by Crippen LogP contribution is 2.21. The molecule has 0 aromatic carbocycles. The molecule has 0 atom stereocenters. The molecule has 0 heterocycles. The van der Waals surface area contributed by atoms with Crippen LogP contribution in [0.2, 0.25) is 0 Å². The summed E-state index contributed by atoms with van der Waals surface area (Å²) in [6.07, 6.45) is -6.45. The lowest BCUT2D eigenvalue weighted by atomic mass is 10.3. The van der Waals surface area contributed by atoms with E-state index in [-0.39, 0.29) is 13.0 Å². The zero-order valence-corrected chi connectivity index (χ0v) is 10.0. The average molecular weight is 277 g/mol. The van der Waals surface area contributed by atoms with Crippen LogP contribution in [0.3, 0.4) is 0 Å². The number of rotatable bonds is 7. The van der Waals surface area contributed by atoms with Crippen LogP contribution in [0.15, 0.2) is 0 Å². The minimum Gasteiger partial charge on any atom is -0.481 e. The summed E-state index contributed by atoms with van der Waals surface area (Å²) in [7, 11) is -2.66. The molecule has 0 amide bonds. The second-order valence-corrected chi connectivity index (χ2v) is 5.70. The summed E-state index contributed by atoms with van der Waals surface area (Å²) in [5.74, 6) is -1.80. The van der Waals surface area contributed by atoms with E-state index in [1.807, 2.05) is 0 Å². The van der Waals surface area contributed by atoms with Crippen molar-refractivity contribution < 1.29 is 31.5 Å². The Morgan fingerprint density at radius 3 is 2.29 bits per heavy atom. The first kappa shape index (κ1) is 16.2. The molecule has 0 aliphatic heterocycles. The topological polar surface area (TPSA) is 74.7 Å². The van der Waals surface area contributed by atoms with Gasteiger partial charge >= 0.3 is 12.1 Å². The van der Waals surface area contributed by atoms with Crippen LogP contribution in [0.5, 0.6) is 0 Å². The fraction of sp³-hybridized carbons (Fsp3) is 0.875. The summed E-state index contributed by atoms with van der Waals surface area (Å²) in [5.41, 5.74) is 0. The van der Waals surface area contributed by atoms with Gasteiger partial charge in [0.2, 0.25) is 10.0 Å². The first-order valence-corrected chi connectivity index (χ1v) is 6.38. The van der Waals surface area contributed by atoms with Crippen molar-refractivity contribution in [2.24, 2.45) is 0 Å². The van der Waals surface area contributed by atoms with Crippen molar-refractivity contribution in [1.82, 2.24) is 4.31 Å². The van der Waals surface area contributed by atoms with E-state index in [9.17, 15) is 26.4 Å². The molecule has 0 saturated heterocycles. The van der Waals surface area contributed by atoms with E-state index in [0.29, 0.717) is 0 Å². The lowest BCUT2D eigenvalue weighted by molar-refractivity contribution is -0.137. The summed E-state index contributed by atoms with van der Waals surface area (Å²) >= 11 is 0. The van der Waals surface area contributed by atoms with Crippen LogP contribution in [0.25, 0.3) is 0 Å². The summed E-state index contributed by atoms with van der Waals surface area (Å²) in [5, 5.41) is 8.34. The third kappa shape index (κ3) is 7.97. The standard InChI is InChI=1S/C8H14F3NO4S/c1-12(5-3-7(13)14)17(15,16)6-2-4-8(9,10)11/h2-6H2,1H3,(H,13,14). The van der Waals surface area contributed by atoms with Gasteiger partial charge in [-0.15, -0.1) is 0 Å². The molecule has 0 aliphatic carbocycles. The van der Waals surface area contributed by atoms with Crippen molar-refractivity contribution in [3.05, 3.63) is 0 Å². The van der Waals surface area contributed by atoms with Crippen molar-refractivity contribution in [3.8, 4) is 0 Å². The van der Waals surface area contributed by atoms with Gasteiger partial charge in [0, 0.05) is 20.0 Å². The van der Waals surface area contributed by atoms with Crippen LogP contribution in [-0.4, -0.2) is 49.3 Å². The van der Waals surface area contributed by atoms with Gasteiger partial charge in [0.05, 0.1) is 12.2 Å². The molecule has 0 radical (unpaired) electrons.